The number of carbonyl (C=O) groups is 3. The van der Waals surface area contributed by atoms with Gasteiger partial charge < -0.3 is 0 Å². The molecule has 0 bridgehead atoms. The number of rotatable bonds is 3. The highest BCUT2D eigenvalue weighted by Gasteiger charge is 2.41. The zero-order chi connectivity index (χ0) is 18.3. The Bertz CT molecular complexity index is 1020. The largest absolute Gasteiger partial charge is 0.282 e. The maximum atomic E-state index is 13.2. The highest BCUT2D eigenvalue weighted by molar-refractivity contribution is 6.09. The van der Waals surface area contributed by atoms with Gasteiger partial charge in [0.25, 0.3) is 5.91 Å². The number of benzene rings is 2. The summed E-state index contributed by atoms with van der Waals surface area (Å²) >= 11 is 0. The van der Waals surface area contributed by atoms with Crippen molar-refractivity contribution < 1.29 is 14.4 Å². The van der Waals surface area contributed by atoms with Crippen molar-refractivity contribution >= 4 is 28.6 Å². The third-order valence-corrected chi connectivity index (χ3v) is 4.88. The van der Waals surface area contributed by atoms with E-state index in [1.54, 1.807) is 23.6 Å². The first-order chi connectivity index (χ1) is 12.6. The number of likely N-dealkylation sites (N-methyl/N-ethyl adjacent to an activating group) is 1. The van der Waals surface area contributed by atoms with Gasteiger partial charge in [-0.3, -0.25) is 23.9 Å². The van der Waals surface area contributed by atoms with E-state index in [0.717, 1.165) is 10.9 Å². The van der Waals surface area contributed by atoms with E-state index >= 15 is 0 Å². The lowest BCUT2D eigenvalue weighted by Gasteiger charge is -2.14. The van der Waals surface area contributed by atoms with Crippen molar-refractivity contribution in [3.63, 3.8) is 0 Å². The molecule has 0 saturated carbocycles. The summed E-state index contributed by atoms with van der Waals surface area (Å²) in [6.07, 6.45) is 0.102. The van der Waals surface area contributed by atoms with Gasteiger partial charge in [0.05, 0.1) is 11.4 Å². The molecule has 0 aliphatic carbocycles. The van der Waals surface area contributed by atoms with Crippen LogP contribution in [0.3, 0.4) is 0 Å². The van der Waals surface area contributed by atoms with Gasteiger partial charge in [0.1, 0.15) is 0 Å². The second-order valence-electron chi connectivity index (χ2n) is 6.37. The van der Waals surface area contributed by atoms with Gasteiger partial charge >= 0.3 is 0 Å². The summed E-state index contributed by atoms with van der Waals surface area (Å²) < 4.78 is 1.58. The highest BCUT2D eigenvalue weighted by Crippen LogP contribution is 2.34. The molecule has 2 amide bonds. The van der Waals surface area contributed by atoms with E-state index in [1.165, 1.54) is 4.90 Å². The lowest BCUT2D eigenvalue weighted by Crippen LogP contribution is -2.30. The Morgan fingerprint density at radius 3 is 2.42 bits per heavy atom. The molecule has 2 aromatic carbocycles. The van der Waals surface area contributed by atoms with Crippen LogP contribution in [-0.4, -0.2) is 33.7 Å². The van der Waals surface area contributed by atoms with Crippen LogP contribution in [0.2, 0.25) is 0 Å². The first-order valence-electron chi connectivity index (χ1n) is 8.66. The summed E-state index contributed by atoms with van der Waals surface area (Å²) in [6.45, 7) is 2.13. The van der Waals surface area contributed by atoms with Crippen molar-refractivity contribution in [3.8, 4) is 0 Å². The normalized spacial score (nSPS) is 17.3. The third-order valence-electron chi connectivity index (χ3n) is 4.88. The van der Waals surface area contributed by atoms with Crippen LogP contribution in [0.1, 0.15) is 35.3 Å². The number of nitrogens with zero attached hydrogens (tertiary/aromatic N) is 2. The predicted octanol–water partition coefficient (Wildman–Crippen LogP) is 3.19. The summed E-state index contributed by atoms with van der Waals surface area (Å²) in [5.74, 6) is -1.24. The van der Waals surface area contributed by atoms with Crippen molar-refractivity contribution in [2.75, 3.05) is 6.54 Å². The van der Waals surface area contributed by atoms with E-state index in [1.807, 2.05) is 48.5 Å². The van der Waals surface area contributed by atoms with Gasteiger partial charge in [-0.2, -0.15) is 0 Å². The Morgan fingerprint density at radius 2 is 1.73 bits per heavy atom. The molecule has 1 aliphatic heterocycles. The van der Waals surface area contributed by atoms with Gasteiger partial charge in [0.2, 0.25) is 11.8 Å². The summed E-state index contributed by atoms with van der Waals surface area (Å²) in [5.41, 5.74) is 1.86. The van der Waals surface area contributed by atoms with Crippen LogP contribution in [0, 0.1) is 0 Å². The molecule has 1 fully saturated rings. The number of carbonyl (C=O) groups excluding carboxylic acids is 3. The van der Waals surface area contributed by atoms with E-state index in [-0.39, 0.29) is 24.1 Å². The van der Waals surface area contributed by atoms with E-state index in [9.17, 15) is 14.4 Å². The fraction of sp³-hybridized carbons (Fsp3) is 0.190. The molecule has 0 N–H and O–H groups in total. The summed E-state index contributed by atoms with van der Waals surface area (Å²) in [4.78, 5) is 39.3. The Hall–Kier alpha value is -3.21. The molecule has 1 atom stereocenters. The summed E-state index contributed by atoms with van der Waals surface area (Å²) in [5, 5.41) is 0.877. The van der Waals surface area contributed by atoms with Crippen molar-refractivity contribution in [2.24, 2.45) is 0 Å². The average molecular weight is 346 g/mol. The SMILES string of the molecule is CCN1C(=O)CC(c2cc3ccccc3n2C(=O)c2ccccc2)C1=O. The van der Waals surface area contributed by atoms with Crippen LogP contribution in [0.4, 0.5) is 0 Å². The molecule has 0 radical (unpaired) electrons. The monoisotopic (exact) mass is 346 g/mol. The Labute approximate surface area is 150 Å². The molecular weight excluding hydrogens is 328 g/mol. The maximum Gasteiger partial charge on any atom is 0.262 e. The van der Waals surface area contributed by atoms with Gasteiger partial charge in [0, 0.05) is 29.6 Å². The molecule has 26 heavy (non-hydrogen) atoms. The molecule has 4 rings (SSSR count). The van der Waals surface area contributed by atoms with Gasteiger partial charge in [0.15, 0.2) is 0 Å². The average Bonchev–Trinajstić information content (AvgIpc) is 3.18. The minimum absolute atomic E-state index is 0.102. The molecule has 2 heterocycles. The topological polar surface area (TPSA) is 59.4 Å². The third kappa shape index (κ3) is 2.44. The van der Waals surface area contributed by atoms with Crippen LogP contribution in [0.25, 0.3) is 10.9 Å². The number of hydrogen-bond acceptors (Lipinski definition) is 3. The quantitative estimate of drug-likeness (QED) is 0.684. The zero-order valence-electron chi connectivity index (χ0n) is 14.4. The molecule has 0 spiro atoms. The van der Waals surface area contributed by atoms with Crippen molar-refractivity contribution in [2.45, 2.75) is 19.3 Å². The van der Waals surface area contributed by atoms with Crippen LogP contribution in [0.15, 0.2) is 60.7 Å². The number of hydrogen-bond donors (Lipinski definition) is 0. The van der Waals surface area contributed by atoms with Gasteiger partial charge in [-0.1, -0.05) is 36.4 Å². The molecule has 1 aromatic heterocycles. The Morgan fingerprint density at radius 1 is 1.04 bits per heavy atom. The lowest BCUT2D eigenvalue weighted by molar-refractivity contribution is -0.138. The minimum atomic E-state index is -0.623. The number of aromatic nitrogens is 1. The molecule has 5 heteroatoms. The fourth-order valence-electron chi connectivity index (χ4n) is 3.62. The predicted molar refractivity (Wildman–Crippen MR) is 97.9 cm³/mol. The van der Waals surface area contributed by atoms with Gasteiger partial charge in [-0.05, 0) is 31.2 Å². The van der Waals surface area contributed by atoms with E-state index in [0.29, 0.717) is 17.8 Å². The van der Waals surface area contributed by atoms with E-state index in [2.05, 4.69) is 0 Å². The van der Waals surface area contributed by atoms with Crippen LogP contribution in [-0.2, 0) is 9.59 Å². The number of imide groups is 1. The van der Waals surface area contributed by atoms with Crippen LogP contribution >= 0.6 is 0 Å². The Balaban J connectivity index is 1.89. The molecule has 1 aliphatic rings. The van der Waals surface area contributed by atoms with E-state index < -0.39 is 5.92 Å². The summed E-state index contributed by atoms with van der Waals surface area (Å²) in [6, 6.07) is 18.3. The van der Waals surface area contributed by atoms with Gasteiger partial charge in [-0.25, -0.2) is 0 Å². The number of amides is 2. The number of para-hydroxylation sites is 1. The number of likely N-dealkylation sites (tertiary alicyclic amines) is 1. The second kappa shape index (κ2) is 6.26. The molecule has 3 aromatic rings. The van der Waals surface area contributed by atoms with Crippen LogP contribution < -0.4 is 0 Å². The van der Waals surface area contributed by atoms with Crippen LogP contribution in [0.5, 0.6) is 0 Å². The van der Waals surface area contributed by atoms with Crippen molar-refractivity contribution in [1.82, 2.24) is 9.47 Å². The molecular formula is C21H18N2O3. The summed E-state index contributed by atoms with van der Waals surface area (Å²) in [7, 11) is 0. The van der Waals surface area contributed by atoms with Crippen molar-refractivity contribution in [1.29, 1.82) is 0 Å². The molecule has 1 saturated heterocycles. The van der Waals surface area contributed by atoms with Gasteiger partial charge in [-0.15, -0.1) is 0 Å². The van der Waals surface area contributed by atoms with E-state index in [4.69, 9.17) is 0 Å². The Kier molecular flexibility index (Phi) is 3.92. The molecule has 5 nitrogen and oxygen atoms in total. The molecule has 1 unspecified atom stereocenters. The van der Waals surface area contributed by atoms with Crippen molar-refractivity contribution in [3.05, 3.63) is 71.9 Å². The number of fused-ring (bicyclic) bond motifs is 1. The first kappa shape index (κ1) is 16.3. The lowest BCUT2D eigenvalue weighted by atomic mass is 10.0. The smallest absolute Gasteiger partial charge is 0.262 e. The minimum Gasteiger partial charge on any atom is -0.282 e. The first-order valence-corrected chi connectivity index (χ1v) is 8.66. The standard InChI is InChI=1S/C21H18N2O3/c1-2-22-19(24)13-16(21(22)26)18-12-15-10-6-7-11-17(15)23(18)20(25)14-8-4-3-5-9-14/h3-12,16H,2,13H2,1H3. The zero-order valence-corrected chi connectivity index (χ0v) is 14.4. The second-order valence-corrected chi connectivity index (χ2v) is 6.37. The highest BCUT2D eigenvalue weighted by atomic mass is 16.2. The fourth-order valence-corrected chi connectivity index (χ4v) is 3.62. The molecule has 130 valence electrons. The maximum absolute atomic E-state index is 13.2.